The standard InChI is InChI=1S/C23H17ClN4O.ClH/c24-20-8-10-23(29)28(16-20)22-9-7-19(14-26-22)15-27-11-1-2-21(27)12-17-3-5-18(13-25)6-4-17;/h1-11,14,16H,12,15H2;1H. The molecule has 0 unspecified atom stereocenters. The van der Waals surface area contributed by atoms with Crippen molar-refractivity contribution in [2.45, 2.75) is 13.0 Å². The molecule has 0 amide bonds. The fourth-order valence-corrected chi connectivity index (χ4v) is 3.32. The van der Waals surface area contributed by atoms with E-state index in [9.17, 15) is 4.79 Å². The van der Waals surface area contributed by atoms with Gasteiger partial charge in [-0.05, 0) is 47.5 Å². The maximum Gasteiger partial charge on any atom is 0.256 e. The Balaban J connectivity index is 0.00000256. The maximum absolute atomic E-state index is 12.0. The van der Waals surface area contributed by atoms with Gasteiger partial charge >= 0.3 is 0 Å². The molecule has 3 aromatic heterocycles. The quantitative estimate of drug-likeness (QED) is 0.458. The lowest BCUT2D eigenvalue weighted by atomic mass is 10.1. The van der Waals surface area contributed by atoms with Crippen LogP contribution in [0.1, 0.15) is 22.4 Å². The molecule has 4 rings (SSSR count). The summed E-state index contributed by atoms with van der Waals surface area (Å²) >= 11 is 5.99. The number of nitrogens with zero attached hydrogens (tertiary/aromatic N) is 4. The van der Waals surface area contributed by atoms with Gasteiger partial charge in [0.1, 0.15) is 5.82 Å². The minimum atomic E-state index is -0.176. The van der Waals surface area contributed by atoms with Crippen LogP contribution in [0.3, 0.4) is 0 Å². The van der Waals surface area contributed by atoms with E-state index in [1.54, 1.807) is 18.5 Å². The molecule has 0 saturated heterocycles. The normalized spacial score (nSPS) is 10.3. The molecule has 3 heterocycles. The summed E-state index contributed by atoms with van der Waals surface area (Å²) in [5, 5.41) is 9.41. The molecular weight excluding hydrogens is 419 g/mol. The second kappa shape index (κ2) is 9.45. The van der Waals surface area contributed by atoms with Crippen molar-refractivity contribution in [3.63, 3.8) is 0 Å². The summed E-state index contributed by atoms with van der Waals surface area (Å²) in [6, 6.07) is 20.6. The van der Waals surface area contributed by atoms with Crippen molar-refractivity contribution in [3.05, 3.63) is 117 Å². The molecule has 150 valence electrons. The fraction of sp³-hybridized carbons (Fsp3) is 0.0870. The molecule has 0 fully saturated rings. The van der Waals surface area contributed by atoms with Crippen LogP contribution >= 0.6 is 24.0 Å². The number of pyridine rings is 2. The average Bonchev–Trinajstić information content (AvgIpc) is 3.17. The van der Waals surface area contributed by atoms with Crippen molar-refractivity contribution >= 4 is 24.0 Å². The molecule has 0 aliphatic rings. The van der Waals surface area contributed by atoms with Crippen molar-refractivity contribution < 1.29 is 0 Å². The molecule has 30 heavy (non-hydrogen) atoms. The third-order valence-electron chi connectivity index (χ3n) is 4.68. The molecule has 0 spiro atoms. The van der Waals surface area contributed by atoms with Gasteiger partial charge in [-0.25, -0.2) is 4.98 Å². The number of rotatable bonds is 5. The van der Waals surface area contributed by atoms with E-state index >= 15 is 0 Å². The van der Waals surface area contributed by atoms with Crippen LogP contribution in [0.5, 0.6) is 0 Å². The molecule has 7 heteroatoms. The Kier molecular flexibility index (Phi) is 6.73. The second-order valence-electron chi connectivity index (χ2n) is 6.69. The topological polar surface area (TPSA) is 63.6 Å². The number of hydrogen-bond acceptors (Lipinski definition) is 3. The van der Waals surface area contributed by atoms with Crippen LogP contribution in [-0.4, -0.2) is 14.1 Å². The lowest BCUT2D eigenvalue weighted by Crippen LogP contribution is -2.17. The van der Waals surface area contributed by atoms with E-state index in [1.807, 2.05) is 48.7 Å². The van der Waals surface area contributed by atoms with E-state index in [4.69, 9.17) is 16.9 Å². The van der Waals surface area contributed by atoms with Gasteiger partial charge < -0.3 is 4.57 Å². The highest BCUT2D eigenvalue weighted by Crippen LogP contribution is 2.15. The first-order valence-corrected chi connectivity index (χ1v) is 9.47. The molecule has 0 N–H and O–H groups in total. The van der Waals surface area contributed by atoms with Crippen LogP contribution < -0.4 is 5.56 Å². The average molecular weight is 437 g/mol. The van der Waals surface area contributed by atoms with Gasteiger partial charge in [0.15, 0.2) is 0 Å². The lowest BCUT2D eigenvalue weighted by molar-refractivity contribution is 0.754. The zero-order chi connectivity index (χ0) is 20.2. The zero-order valence-electron chi connectivity index (χ0n) is 15.9. The van der Waals surface area contributed by atoms with Crippen LogP contribution in [0.2, 0.25) is 5.02 Å². The molecule has 4 aromatic rings. The Morgan fingerprint density at radius 2 is 1.77 bits per heavy atom. The second-order valence-corrected chi connectivity index (χ2v) is 7.13. The SMILES string of the molecule is Cl.N#Cc1ccc(Cc2cccn2Cc2ccc(-n3cc(Cl)ccc3=O)nc2)cc1. The first-order valence-electron chi connectivity index (χ1n) is 9.09. The Bertz CT molecular complexity index is 1240. The summed E-state index contributed by atoms with van der Waals surface area (Å²) in [4.78, 5) is 16.4. The van der Waals surface area contributed by atoms with Crippen LogP contribution in [0.15, 0.2) is 84.0 Å². The van der Waals surface area contributed by atoms with Crippen molar-refractivity contribution in [1.29, 1.82) is 5.26 Å². The summed E-state index contributed by atoms with van der Waals surface area (Å²) in [5.74, 6) is 0.534. The molecule has 0 radical (unpaired) electrons. The van der Waals surface area contributed by atoms with E-state index in [1.165, 1.54) is 16.3 Å². The molecule has 0 bridgehead atoms. The van der Waals surface area contributed by atoms with E-state index in [0.717, 1.165) is 17.5 Å². The van der Waals surface area contributed by atoms with E-state index in [2.05, 4.69) is 21.7 Å². The Morgan fingerprint density at radius 1 is 1.00 bits per heavy atom. The molecular formula is C23H18Cl2N4O. The molecule has 0 aliphatic carbocycles. The molecule has 1 aromatic carbocycles. The molecule has 0 aliphatic heterocycles. The van der Waals surface area contributed by atoms with Gasteiger partial charge in [0.25, 0.3) is 5.56 Å². The first-order chi connectivity index (χ1) is 14.1. The van der Waals surface area contributed by atoms with Gasteiger partial charge in [0.2, 0.25) is 0 Å². The van der Waals surface area contributed by atoms with Crippen molar-refractivity contribution in [2.24, 2.45) is 0 Å². The van der Waals surface area contributed by atoms with Crippen LogP contribution in [0, 0.1) is 11.3 Å². The van der Waals surface area contributed by atoms with Crippen molar-refractivity contribution in [3.8, 4) is 11.9 Å². The minimum Gasteiger partial charge on any atom is -0.347 e. The number of halogens is 2. The fourth-order valence-electron chi connectivity index (χ4n) is 3.16. The van der Waals surface area contributed by atoms with Crippen molar-refractivity contribution in [2.75, 3.05) is 0 Å². The monoisotopic (exact) mass is 436 g/mol. The zero-order valence-corrected chi connectivity index (χ0v) is 17.5. The summed E-state index contributed by atoms with van der Waals surface area (Å²) in [7, 11) is 0. The largest absolute Gasteiger partial charge is 0.347 e. The summed E-state index contributed by atoms with van der Waals surface area (Å²) in [6.45, 7) is 0.677. The smallest absolute Gasteiger partial charge is 0.256 e. The van der Waals surface area contributed by atoms with E-state index in [-0.39, 0.29) is 18.0 Å². The van der Waals surface area contributed by atoms with Gasteiger partial charge in [-0.3, -0.25) is 9.36 Å². The van der Waals surface area contributed by atoms with Gasteiger partial charge in [-0.2, -0.15) is 5.26 Å². The van der Waals surface area contributed by atoms with Gasteiger partial charge in [0.05, 0.1) is 16.7 Å². The van der Waals surface area contributed by atoms with Gasteiger partial charge in [-0.15, -0.1) is 12.4 Å². The van der Waals surface area contributed by atoms with Crippen molar-refractivity contribution in [1.82, 2.24) is 14.1 Å². The van der Waals surface area contributed by atoms with Crippen LogP contribution in [0.4, 0.5) is 0 Å². The molecule has 5 nitrogen and oxygen atoms in total. The number of aromatic nitrogens is 3. The Hall–Kier alpha value is -3.33. The number of nitriles is 1. The van der Waals surface area contributed by atoms with Crippen LogP contribution in [-0.2, 0) is 13.0 Å². The van der Waals surface area contributed by atoms with E-state index < -0.39 is 0 Å². The summed E-state index contributed by atoms with van der Waals surface area (Å²) < 4.78 is 3.60. The number of hydrogen-bond donors (Lipinski definition) is 0. The predicted octanol–water partition coefficient (Wildman–Crippen LogP) is 4.62. The molecule has 0 atom stereocenters. The summed E-state index contributed by atoms with van der Waals surface area (Å²) in [5.41, 5.74) is 3.84. The number of benzene rings is 1. The van der Waals surface area contributed by atoms with E-state index in [0.29, 0.717) is 22.9 Å². The lowest BCUT2D eigenvalue weighted by Gasteiger charge is -2.11. The summed E-state index contributed by atoms with van der Waals surface area (Å²) in [6.07, 6.45) is 6.15. The minimum absolute atomic E-state index is 0. The Labute approximate surface area is 185 Å². The first kappa shape index (κ1) is 21.4. The maximum atomic E-state index is 12.0. The van der Waals surface area contributed by atoms with Gasteiger partial charge in [0, 0.05) is 43.3 Å². The highest BCUT2D eigenvalue weighted by atomic mass is 35.5. The third kappa shape index (κ3) is 4.80. The highest BCUT2D eigenvalue weighted by Gasteiger charge is 2.06. The third-order valence-corrected chi connectivity index (χ3v) is 4.90. The van der Waals surface area contributed by atoms with Gasteiger partial charge in [-0.1, -0.05) is 29.8 Å². The predicted molar refractivity (Wildman–Crippen MR) is 120 cm³/mol. The van der Waals surface area contributed by atoms with Crippen LogP contribution in [0.25, 0.3) is 5.82 Å². The Morgan fingerprint density at radius 3 is 2.47 bits per heavy atom. The highest BCUT2D eigenvalue weighted by molar-refractivity contribution is 6.30. The molecule has 0 saturated carbocycles.